The number of nitrogens with zero attached hydrogens (tertiary/aromatic N) is 3. The molecular formula is C16H30N4. The number of nitrogens with two attached hydrogens (primary N) is 1. The van der Waals surface area contributed by atoms with Crippen molar-refractivity contribution in [1.29, 1.82) is 0 Å². The molecule has 0 spiro atoms. The predicted molar refractivity (Wildman–Crippen MR) is 83.6 cm³/mol. The highest BCUT2D eigenvalue weighted by atomic mass is 15.2. The normalized spacial score (nSPS) is 21.6. The molecule has 1 aliphatic rings. The highest BCUT2D eigenvalue weighted by Gasteiger charge is 2.39. The van der Waals surface area contributed by atoms with Crippen molar-refractivity contribution in [3.8, 4) is 0 Å². The number of hydrogen-bond donors (Lipinski definition) is 1. The van der Waals surface area contributed by atoms with Gasteiger partial charge in [0, 0.05) is 24.5 Å². The molecule has 1 aromatic rings. The van der Waals surface area contributed by atoms with E-state index in [1.54, 1.807) is 0 Å². The third-order valence-corrected chi connectivity index (χ3v) is 4.95. The Bertz CT molecular complexity index is 408. The Hall–Kier alpha value is -0.870. The number of imidazole rings is 1. The van der Waals surface area contributed by atoms with Crippen LogP contribution in [-0.2, 0) is 6.54 Å². The van der Waals surface area contributed by atoms with Crippen molar-refractivity contribution >= 4 is 0 Å². The zero-order chi connectivity index (χ0) is 14.6. The minimum Gasteiger partial charge on any atom is -0.334 e. The molecule has 1 fully saturated rings. The summed E-state index contributed by atoms with van der Waals surface area (Å²) in [5, 5.41) is 0. The molecule has 0 amide bonds. The van der Waals surface area contributed by atoms with E-state index in [-0.39, 0.29) is 11.6 Å². The molecule has 4 heteroatoms. The molecule has 2 N–H and O–H groups in total. The highest BCUT2D eigenvalue weighted by molar-refractivity contribution is 5.09. The van der Waals surface area contributed by atoms with Crippen molar-refractivity contribution in [2.24, 2.45) is 5.73 Å². The first kappa shape index (κ1) is 15.5. The fourth-order valence-electron chi connectivity index (χ4n) is 3.35. The second kappa shape index (κ2) is 6.72. The SMILES string of the molecule is CCCn1ccnc1C(N)C(C)(CC)N1CCCCC1. The van der Waals surface area contributed by atoms with E-state index in [4.69, 9.17) is 5.73 Å². The van der Waals surface area contributed by atoms with Crippen LogP contribution in [0.1, 0.15) is 64.7 Å². The van der Waals surface area contributed by atoms with Crippen molar-refractivity contribution in [1.82, 2.24) is 14.5 Å². The molecule has 20 heavy (non-hydrogen) atoms. The summed E-state index contributed by atoms with van der Waals surface area (Å²) in [5.41, 5.74) is 6.68. The Morgan fingerprint density at radius 1 is 1.30 bits per heavy atom. The molecule has 0 aliphatic carbocycles. The maximum Gasteiger partial charge on any atom is 0.127 e. The lowest BCUT2D eigenvalue weighted by Gasteiger charge is -2.46. The molecule has 0 bridgehead atoms. The molecule has 1 aromatic heterocycles. The number of rotatable bonds is 6. The monoisotopic (exact) mass is 278 g/mol. The van der Waals surface area contributed by atoms with Crippen LogP contribution in [-0.4, -0.2) is 33.1 Å². The Balaban J connectivity index is 2.22. The molecule has 0 radical (unpaired) electrons. The molecule has 2 unspecified atom stereocenters. The van der Waals surface area contributed by atoms with Crippen LogP contribution in [0.3, 0.4) is 0 Å². The standard InChI is InChI=1S/C16H30N4/c1-4-10-19-13-9-18-15(19)14(17)16(3,5-2)20-11-7-6-8-12-20/h9,13-14H,4-8,10-12,17H2,1-3H3. The number of hydrogen-bond acceptors (Lipinski definition) is 3. The van der Waals surface area contributed by atoms with Gasteiger partial charge in [0.25, 0.3) is 0 Å². The zero-order valence-corrected chi connectivity index (χ0v) is 13.3. The summed E-state index contributed by atoms with van der Waals surface area (Å²) in [7, 11) is 0. The van der Waals surface area contributed by atoms with Gasteiger partial charge in [-0.05, 0) is 45.7 Å². The fourth-order valence-corrected chi connectivity index (χ4v) is 3.35. The number of likely N-dealkylation sites (tertiary alicyclic amines) is 1. The second-order valence-electron chi connectivity index (χ2n) is 6.21. The van der Waals surface area contributed by atoms with Crippen molar-refractivity contribution in [3.05, 3.63) is 18.2 Å². The molecule has 1 aliphatic heterocycles. The summed E-state index contributed by atoms with van der Waals surface area (Å²) in [6, 6.07) is -0.0212. The van der Waals surface area contributed by atoms with Crippen LogP contribution in [0, 0.1) is 0 Å². The topological polar surface area (TPSA) is 47.1 Å². The summed E-state index contributed by atoms with van der Waals surface area (Å²) < 4.78 is 2.22. The summed E-state index contributed by atoms with van der Waals surface area (Å²) in [6.07, 6.45) is 10.1. The highest BCUT2D eigenvalue weighted by Crippen LogP contribution is 2.33. The van der Waals surface area contributed by atoms with Crippen LogP contribution in [0.4, 0.5) is 0 Å². The van der Waals surface area contributed by atoms with Crippen molar-refractivity contribution in [2.45, 2.75) is 71.0 Å². The van der Waals surface area contributed by atoms with E-state index in [1.807, 2.05) is 6.20 Å². The quantitative estimate of drug-likeness (QED) is 0.870. The molecule has 4 nitrogen and oxygen atoms in total. The van der Waals surface area contributed by atoms with Gasteiger partial charge in [-0.25, -0.2) is 4.98 Å². The van der Waals surface area contributed by atoms with E-state index >= 15 is 0 Å². The van der Waals surface area contributed by atoms with Crippen LogP contribution < -0.4 is 5.73 Å². The Labute approximate surface area is 123 Å². The van der Waals surface area contributed by atoms with Crippen LogP contribution >= 0.6 is 0 Å². The lowest BCUT2D eigenvalue weighted by Crippen LogP contribution is -2.55. The van der Waals surface area contributed by atoms with Gasteiger partial charge in [0.05, 0.1) is 6.04 Å². The Morgan fingerprint density at radius 3 is 2.60 bits per heavy atom. The van der Waals surface area contributed by atoms with E-state index < -0.39 is 0 Å². The molecule has 2 atom stereocenters. The van der Waals surface area contributed by atoms with Gasteiger partial charge in [0.1, 0.15) is 5.82 Å². The second-order valence-corrected chi connectivity index (χ2v) is 6.21. The molecular weight excluding hydrogens is 248 g/mol. The minimum atomic E-state index is -0.0212. The lowest BCUT2D eigenvalue weighted by molar-refractivity contribution is 0.0509. The van der Waals surface area contributed by atoms with Gasteiger partial charge in [-0.15, -0.1) is 0 Å². The summed E-state index contributed by atoms with van der Waals surface area (Å²) in [5.74, 6) is 1.04. The smallest absolute Gasteiger partial charge is 0.127 e. The van der Waals surface area contributed by atoms with Crippen molar-refractivity contribution in [3.63, 3.8) is 0 Å². The van der Waals surface area contributed by atoms with Crippen LogP contribution in [0.15, 0.2) is 12.4 Å². The number of piperidine rings is 1. The summed E-state index contributed by atoms with van der Waals surface area (Å²) in [4.78, 5) is 7.14. The first-order valence-corrected chi connectivity index (χ1v) is 8.15. The van der Waals surface area contributed by atoms with Gasteiger partial charge in [0.2, 0.25) is 0 Å². The van der Waals surface area contributed by atoms with Gasteiger partial charge in [-0.3, -0.25) is 4.90 Å². The van der Waals surface area contributed by atoms with Crippen molar-refractivity contribution < 1.29 is 0 Å². The molecule has 2 rings (SSSR count). The average Bonchev–Trinajstić information content (AvgIpc) is 2.95. The fraction of sp³-hybridized carbons (Fsp3) is 0.812. The van der Waals surface area contributed by atoms with E-state index in [2.05, 4.69) is 41.4 Å². The van der Waals surface area contributed by atoms with Crippen LogP contribution in [0.2, 0.25) is 0 Å². The third kappa shape index (κ3) is 2.91. The number of aryl methyl sites for hydroxylation is 1. The van der Waals surface area contributed by atoms with E-state index in [0.717, 1.165) is 25.2 Å². The van der Waals surface area contributed by atoms with Crippen molar-refractivity contribution in [2.75, 3.05) is 13.1 Å². The van der Waals surface area contributed by atoms with Crippen LogP contribution in [0.5, 0.6) is 0 Å². The van der Waals surface area contributed by atoms with Crippen LogP contribution in [0.25, 0.3) is 0 Å². The van der Waals surface area contributed by atoms with E-state index in [1.165, 1.54) is 32.4 Å². The maximum absolute atomic E-state index is 6.67. The number of aromatic nitrogens is 2. The van der Waals surface area contributed by atoms with E-state index in [9.17, 15) is 0 Å². The van der Waals surface area contributed by atoms with Gasteiger partial charge in [-0.1, -0.05) is 20.3 Å². The Kier molecular flexibility index (Phi) is 5.22. The van der Waals surface area contributed by atoms with E-state index in [0.29, 0.717) is 0 Å². The minimum absolute atomic E-state index is 0.0112. The molecule has 114 valence electrons. The molecule has 0 saturated carbocycles. The molecule has 2 heterocycles. The average molecular weight is 278 g/mol. The van der Waals surface area contributed by atoms with Gasteiger partial charge >= 0.3 is 0 Å². The summed E-state index contributed by atoms with van der Waals surface area (Å²) >= 11 is 0. The Morgan fingerprint density at radius 2 is 2.00 bits per heavy atom. The molecule has 1 saturated heterocycles. The maximum atomic E-state index is 6.67. The first-order chi connectivity index (χ1) is 9.63. The predicted octanol–water partition coefficient (Wildman–Crippen LogP) is 2.95. The van der Waals surface area contributed by atoms with Gasteiger partial charge in [-0.2, -0.15) is 0 Å². The zero-order valence-electron chi connectivity index (χ0n) is 13.3. The largest absolute Gasteiger partial charge is 0.334 e. The summed E-state index contributed by atoms with van der Waals surface area (Å²) in [6.45, 7) is 10.1. The molecule has 0 aromatic carbocycles. The first-order valence-electron chi connectivity index (χ1n) is 8.15. The third-order valence-electron chi connectivity index (χ3n) is 4.95. The van der Waals surface area contributed by atoms with Gasteiger partial charge in [0.15, 0.2) is 0 Å². The lowest BCUT2D eigenvalue weighted by atomic mass is 9.85. The van der Waals surface area contributed by atoms with Gasteiger partial charge < -0.3 is 10.3 Å².